The van der Waals surface area contributed by atoms with E-state index in [-0.39, 0.29) is 160 Å². The summed E-state index contributed by atoms with van der Waals surface area (Å²) in [5, 5.41) is 23.0. The van der Waals surface area contributed by atoms with Gasteiger partial charge < -0.3 is 27.4 Å². The molecule has 4 N–H and O–H groups in total. The largest absolute Gasteiger partial charge is 0.521 e. The van der Waals surface area contributed by atoms with Crippen LogP contribution in [0.25, 0.3) is 22.3 Å². The Morgan fingerprint density at radius 3 is 1.46 bits per heavy atom. The molecule has 2 aliphatic heterocycles. The van der Waals surface area contributed by atoms with Gasteiger partial charge in [-0.2, -0.15) is 20.5 Å². The zero-order valence-corrected chi connectivity index (χ0v) is 57.2. The van der Waals surface area contributed by atoms with Crippen LogP contribution in [-0.4, -0.2) is 135 Å². The lowest BCUT2D eigenvalue weighted by atomic mass is 10.0. The van der Waals surface area contributed by atoms with E-state index in [1.165, 1.54) is 6.33 Å². The van der Waals surface area contributed by atoms with Gasteiger partial charge in [0.15, 0.2) is 51.4 Å². The number of nitriles is 2. The highest BCUT2D eigenvalue weighted by Gasteiger charge is 2.52. The fourth-order valence-electron chi connectivity index (χ4n) is 8.55. The molecule has 2 unspecified atom stereocenters. The van der Waals surface area contributed by atoms with E-state index in [9.17, 15) is 19.2 Å². The molecular weight excluding hydrogens is 1210 g/mol. The molecule has 6 heterocycles. The van der Waals surface area contributed by atoms with Crippen molar-refractivity contribution in [2.24, 2.45) is 23.7 Å². The van der Waals surface area contributed by atoms with Gasteiger partial charge in [-0.3, -0.25) is 48.9 Å². The van der Waals surface area contributed by atoms with Crippen LogP contribution in [0.5, 0.6) is 0 Å². The van der Waals surface area contributed by atoms with Crippen molar-refractivity contribution in [3.05, 3.63) is 33.4 Å². The van der Waals surface area contributed by atoms with Crippen molar-refractivity contribution in [1.82, 2.24) is 43.7 Å². The second-order valence-corrected chi connectivity index (χ2v) is 38.2. The maximum atomic E-state index is 13.0. The van der Waals surface area contributed by atoms with E-state index in [0.717, 1.165) is 0 Å². The summed E-state index contributed by atoms with van der Waals surface area (Å²) in [4.78, 5) is 73.3. The number of carbonyl (C=O) groups excluding carboxylic acids is 2. The molecule has 0 radical (unpaired) electrons. The molecule has 2 aliphatic rings. The van der Waals surface area contributed by atoms with Gasteiger partial charge in [0.1, 0.15) is 13.2 Å². The first kappa shape index (κ1) is 78.7. The minimum absolute atomic E-state index is 0. The molecule has 6 rings (SSSR count). The van der Waals surface area contributed by atoms with E-state index in [0.29, 0.717) is 0 Å². The SMILES string of the molecule is C.C.C.CC(C)C(=O)Nc1nc2c(ncn2[C@@H]2O[C@H](COP(OCCC#N)N(C(C)C)C(C)C)[C@@H](C)[C@H]2O[Si](C)(C)C(C)(C)C)c(=O)[nH]1.CC(C)C(=O)Nc1nc2c(ncn2[C@@H]2O[C@H](CO[P+](=S)OCCC#N)[C@@H](C)[C@H]2O[Si](C)(C)C(C)(C)C)c(=O)[nH]1. The second-order valence-electron chi connectivity index (χ2n) is 25.4. The van der Waals surface area contributed by atoms with Crippen molar-refractivity contribution < 1.29 is 46.0 Å². The van der Waals surface area contributed by atoms with Crippen LogP contribution < -0.4 is 21.8 Å². The molecule has 490 valence electrons. The van der Waals surface area contributed by atoms with Crippen LogP contribution in [0.4, 0.5) is 11.9 Å². The summed E-state index contributed by atoms with van der Waals surface area (Å²) in [6.45, 7) is 42.2. The van der Waals surface area contributed by atoms with E-state index in [1.54, 1.807) is 43.2 Å². The zero-order valence-electron chi connectivity index (χ0n) is 52.6. The Morgan fingerprint density at radius 1 is 0.701 bits per heavy atom. The number of carbonyl (C=O) groups is 2. The van der Waals surface area contributed by atoms with Gasteiger partial charge in [0.2, 0.25) is 35.5 Å². The fourth-order valence-corrected chi connectivity index (χ4v) is 13.9. The molecule has 2 saturated heterocycles. The van der Waals surface area contributed by atoms with Gasteiger partial charge in [0, 0.05) is 35.8 Å². The summed E-state index contributed by atoms with van der Waals surface area (Å²) >= 11 is 5.28. The first-order chi connectivity index (χ1) is 39.0. The van der Waals surface area contributed by atoms with Crippen LogP contribution in [0.1, 0.15) is 158 Å². The number of hydrogen-bond acceptors (Lipinski definition) is 20. The summed E-state index contributed by atoms with van der Waals surface area (Å²) in [6.07, 6.45) is 0.665. The quantitative estimate of drug-likeness (QED) is 0.0272. The Hall–Kier alpha value is -4.36. The summed E-state index contributed by atoms with van der Waals surface area (Å²) in [5.41, 5.74) is -0.123. The van der Waals surface area contributed by atoms with Gasteiger partial charge in [0.05, 0.1) is 75.3 Å². The van der Waals surface area contributed by atoms with Gasteiger partial charge in [-0.15, -0.1) is 9.05 Å². The number of nitrogens with zero attached hydrogens (tertiary/aromatic N) is 9. The van der Waals surface area contributed by atoms with Crippen molar-refractivity contribution in [3.63, 3.8) is 0 Å². The van der Waals surface area contributed by atoms with Crippen molar-refractivity contribution in [2.45, 2.75) is 231 Å². The molecule has 0 spiro atoms. The van der Waals surface area contributed by atoms with Crippen LogP contribution in [0.3, 0.4) is 0 Å². The van der Waals surface area contributed by atoms with Gasteiger partial charge in [0.25, 0.3) is 19.6 Å². The number of ether oxygens (including phenoxy) is 2. The normalized spacial score (nSPS) is 21.3. The van der Waals surface area contributed by atoms with E-state index < -0.39 is 74.2 Å². The number of H-pyrrole nitrogens is 2. The molecule has 0 aliphatic carbocycles. The van der Waals surface area contributed by atoms with Gasteiger partial charge in [-0.1, -0.05) is 105 Å². The summed E-state index contributed by atoms with van der Waals surface area (Å²) in [5.74, 6) is -1.27. The van der Waals surface area contributed by atoms with E-state index in [2.05, 4.69) is 154 Å². The number of hydrogen-bond donors (Lipinski definition) is 4. The topological polar surface area (TPSA) is 310 Å². The number of anilines is 2. The molecule has 0 bridgehead atoms. The van der Waals surface area contributed by atoms with Gasteiger partial charge in [-0.05, 0) is 64.0 Å². The van der Waals surface area contributed by atoms with E-state index in [1.807, 2.05) is 13.0 Å². The minimum atomic E-state index is -2.29. The molecule has 4 aromatic rings. The van der Waals surface area contributed by atoms with Crippen molar-refractivity contribution in [3.8, 4) is 12.1 Å². The van der Waals surface area contributed by atoms with Crippen LogP contribution in [0, 0.1) is 46.3 Å². The highest BCUT2D eigenvalue weighted by molar-refractivity contribution is 8.00. The van der Waals surface area contributed by atoms with E-state index >= 15 is 0 Å². The molecule has 0 saturated carbocycles. The molecule has 2 amide bonds. The van der Waals surface area contributed by atoms with Gasteiger partial charge >= 0.3 is 7.15 Å². The summed E-state index contributed by atoms with van der Waals surface area (Å²) in [7, 11) is -7.61. The Morgan fingerprint density at radius 2 is 1.09 bits per heavy atom. The lowest BCUT2D eigenvalue weighted by molar-refractivity contribution is -0.119. The minimum Gasteiger partial charge on any atom is -0.409 e. The van der Waals surface area contributed by atoms with Crippen molar-refractivity contribution >= 4 is 90.2 Å². The number of rotatable bonds is 25. The molecule has 0 aromatic carbocycles. The summed E-state index contributed by atoms with van der Waals surface area (Å²) < 4.78 is 56.5. The predicted molar refractivity (Wildman–Crippen MR) is 351 cm³/mol. The number of aromatic nitrogens is 8. The molecule has 87 heavy (non-hydrogen) atoms. The van der Waals surface area contributed by atoms with Crippen LogP contribution in [0.2, 0.25) is 36.3 Å². The fraction of sp³-hybridized carbons (Fsp3) is 0.754. The molecule has 2 fully saturated rings. The monoisotopic (exact) mass is 1310 g/mol. The Bertz CT molecular complexity index is 3110. The zero-order chi connectivity index (χ0) is 63.0. The Labute approximate surface area is 525 Å². The molecular formula is C57H102N13O12P2SSi2+. The smallest absolute Gasteiger partial charge is 0.409 e. The van der Waals surface area contributed by atoms with Crippen LogP contribution in [0.15, 0.2) is 22.2 Å². The molecule has 4 aromatic heterocycles. The standard InChI is InChI=1S/C30H52N7O6PSi.C24H37N6O6PSSi.3CH4/c1-18(2)26(38)34-29-33-25-23(27(39)35-29)32-17-36(25)28-24(43-45(11,12)30(8,9)10)21(7)22(42-28)16-41-44(40-15-13-14-31)37(19(3)4)20(5)6;1-14(2)20(31)28-23-27-19-17(21(32)29-23)26-13-30(19)22-18(36-39(7,8)24(4,5)6)15(3)16(35-22)12-34-37(38)33-11-9-10-25;;;/h17-22,24,28H,13,15-16H2,1-12H3,(H2,33,34,35,38,39);13-16,18,22H,9,11-12H2,1-8H3,(H-,27,28,29,31,32);3*1H4/p+1/t21-,22-,24-,28-,44?;15-,16-,18-,22-;;;/m11.../s1. The Balaban J connectivity index is 0.000000579. The lowest BCUT2D eigenvalue weighted by Gasteiger charge is -2.40. The average Bonchev–Trinajstić information content (AvgIpc) is 1.67. The molecule has 10 atom stereocenters. The second kappa shape index (κ2) is 33.1. The average molecular weight is 1310 g/mol. The maximum absolute atomic E-state index is 13.0. The molecule has 25 nitrogen and oxygen atoms in total. The maximum Gasteiger partial charge on any atom is 0.521 e. The number of nitrogens with one attached hydrogen (secondary N) is 4. The third kappa shape index (κ3) is 19.8. The first-order valence-corrected chi connectivity index (χ1v) is 37.7. The predicted octanol–water partition coefficient (Wildman–Crippen LogP) is 12.2. The highest BCUT2D eigenvalue weighted by Crippen LogP contribution is 2.50. The highest BCUT2D eigenvalue weighted by atomic mass is 32.4. The van der Waals surface area contributed by atoms with Gasteiger partial charge in [-0.25, -0.2) is 14.6 Å². The number of aromatic amines is 2. The summed E-state index contributed by atoms with van der Waals surface area (Å²) in [6, 6.07) is 4.47. The lowest BCUT2D eigenvalue weighted by Crippen LogP contribution is -2.47. The Kier molecular flexibility index (Phi) is 30.0. The van der Waals surface area contributed by atoms with E-state index in [4.69, 9.17) is 58.8 Å². The first-order valence-electron chi connectivity index (χ1n) is 28.6. The molecule has 30 heteroatoms. The number of amides is 2. The van der Waals surface area contributed by atoms with Crippen LogP contribution >= 0.6 is 15.7 Å². The third-order valence-electron chi connectivity index (χ3n) is 15.6. The third-order valence-corrected chi connectivity index (χ3v) is 28.0. The van der Waals surface area contributed by atoms with Crippen molar-refractivity contribution in [1.29, 1.82) is 10.5 Å². The van der Waals surface area contributed by atoms with Crippen molar-refractivity contribution in [2.75, 3.05) is 37.1 Å². The number of fused-ring (bicyclic) bond motifs is 2. The van der Waals surface area contributed by atoms with Crippen LogP contribution in [-0.2, 0) is 57.8 Å². The number of imidazole rings is 2.